The first-order valence-electron chi connectivity index (χ1n) is 5.97. The van der Waals surface area contributed by atoms with E-state index in [1.807, 2.05) is 0 Å². The van der Waals surface area contributed by atoms with Crippen LogP contribution in [-0.4, -0.2) is 27.0 Å². The highest BCUT2D eigenvalue weighted by Crippen LogP contribution is 2.26. The van der Waals surface area contributed by atoms with Gasteiger partial charge in [-0.25, -0.2) is 4.39 Å². The van der Waals surface area contributed by atoms with E-state index < -0.39 is 0 Å². The maximum Gasteiger partial charge on any atom is 0.188 e. The highest BCUT2D eigenvalue weighted by molar-refractivity contribution is 5.50. The van der Waals surface area contributed by atoms with Gasteiger partial charge in [0.1, 0.15) is 11.6 Å². The van der Waals surface area contributed by atoms with Crippen LogP contribution in [0.5, 0.6) is 5.75 Å². The number of nitrogens with zero attached hydrogens (tertiary/aromatic N) is 1. The van der Waals surface area contributed by atoms with Crippen molar-refractivity contribution in [1.82, 2.24) is 0 Å². The maximum atomic E-state index is 13.9. The third-order valence-corrected chi connectivity index (χ3v) is 2.96. The molecule has 0 atom stereocenters. The second-order valence-electron chi connectivity index (χ2n) is 4.21. The van der Waals surface area contributed by atoms with E-state index in [1.54, 1.807) is 19.2 Å². The van der Waals surface area contributed by atoms with Gasteiger partial charge in [-0.05, 0) is 31.4 Å². The van der Waals surface area contributed by atoms with Gasteiger partial charge < -0.3 is 14.4 Å². The van der Waals surface area contributed by atoms with E-state index in [-0.39, 0.29) is 12.6 Å². The van der Waals surface area contributed by atoms with E-state index in [2.05, 4.69) is 4.90 Å². The minimum atomic E-state index is -0.222. The minimum absolute atomic E-state index is 0.141. The Morgan fingerprint density at radius 1 is 1.24 bits per heavy atom. The number of halogens is 1. The van der Waals surface area contributed by atoms with Gasteiger partial charge in [0.2, 0.25) is 0 Å². The fourth-order valence-electron chi connectivity index (χ4n) is 2.10. The van der Waals surface area contributed by atoms with Gasteiger partial charge in [-0.15, -0.1) is 0 Å². The SMILES string of the molecule is COCOc1ccc(N2CCCCC2)c(F)c1. The van der Waals surface area contributed by atoms with Gasteiger partial charge >= 0.3 is 0 Å². The van der Waals surface area contributed by atoms with Crippen LogP contribution < -0.4 is 9.64 Å². The van der Waals surface area contributed by atoms with Crippen LogP contribution in [-0.2, 0) is 4.74 Å². The molecule has 0 unspecified atom stereocenters. The number of ether oxygens (including phenoxy) is 2. The second kappa shape index (κ2) is 5.87. The van der Waals surface area contributed by atoms with Crippen molar-refractivity contribution in [1.29, 1.82) is 0 Å². The lowest BCUT2D eigenvalue weighted by Crippen LogP contribution is -2.30. The molecule has 4 heteroatoms. The zero-order chi connectivity index (χ0) is 12.1. The van der Waals surface area contributed by atoms with Gasteiger partial charge in [-0.2, -0.15) is 0 Å². The molecular formula is C13H18FNO2. The van der Waals surface area contributed by atoms with E-state index in [0.29, 0.717) is 11.4 Å². The van der Waals surface area contributed by atoms with Crippen LogP contribution in [0.1, 0.15) is 19.3 Å². The summed E-state index contributed by atoms with van der Waals surface area (Å²) in [7, 11) is 1.54. The summed E-state index contributed by atoms with van der Waals surface area (Å²) in [5.74, 6) is 0.283. The summed E-state index contributed by atoms with van der Waals surface area (Å²) in [5.41, 5.74) is 0.675. The third kappa shape index (κ3) is 3.09. The maximum absolute atomic E-state index is 13.9. The molecule has 0 spiro atoms. The van der Waals surface area contributed by atoms with E-state index in [0.717, 1.165) is 25.9 Å². The van der Waals surface area contributed by atoms with E-state index in [4.69, 9.17) is 9.47 Å². The summed E-state index contributed by atoms with van der Waals surface area (Å²) in [5, 5.41) is 0. The van der Waals surface area contributed by atoms with E-state index in [9.17, 15) is 4.39 Å². The summed E-state index contributed by atoms with van der Waals surface area (Å²) in [6.07, 6.45) is 3.52. The number of hydrogen-bond acceptors (Lipinski definition) is 3. The molecule has 0 N–H and O–H groups in total. The molecule has 1 fully saturated rings. The van der Waals surface area contributed by atoms with Crippen molar-refractivity contribution in [3.63, 3.8) is 0 Å². The standard InChI is InChI=1S/C13H18FNO2/c1-16-10-17-11-5-6-13(12(14)9-11)15-7-3-2-4-8-15/h5-6,9H,2-4,7-8,10H2,1H3. The molecule has 17 heavy (non-hydrogen) atoms. The monoisotopic (exact) mass is 239 g/mol. The van der Waals surface area contributed by atoms with Crippen LogP contribution >= 0.6 is 0 Å². The first-order chi connectivity index (χ1) is 8.31. The Morgan fingerprint density at radius 3 is 2.65 bits per heavy atom. The Kier molecular flexibility index (Phi) is 4.20. The third-order valence-electron chi connectivity index (χ3n) is 2.96. The smallest absolute Gasteiger partial charge is 0.188 e. The number of hydrogen-bond donors (Lipinski definition) is 0. The Balaban J connectivity index is 2.07. The van der Waals surface area contributed by atoms with Crippen molar-refractivity contribution in [3.05, 3.63) is 24.0 Å². The van der Waals surface area contributed by atoms with Crippen LogP contribution in [0, 0.1) is 5.82 Å². The van der Waals surface area contributed by atoms with Crippen molar-refractivity contribution in [2.75, 3.05) is 31.9 Å². The molecular weight excluding hydrogens is 221 g/mol. The first-order valence-corrected chi connectivity index (χ1v) is 5.97. The fourth-order valence-corrected chi connectivity index (χ4v) is 2.10. The van der Waals surface area contributed by atoms with E-state index in [1.165, 1.54) is 12.5 Å². The Bertz CT molecular complexity index is 364. The van der Waals surface area contributed by atoms with E-state index >= 15 is 0 Å². The zero-order valence-electron chi connectivity index (χ0n) is 10.1. The van der Waals surface area contributed by atoms with Gasteiger partial charge in [0.05, 0.1) is 5.69 Å². The van der Waals surface area contributed by atoms with Gasteiger partial charge in [0, 0.05) is 26.3 Å². The average molecular weight is 239 g/mol. The summed E-state index contributed by atoms with van der Waals surface area (Å²) in [6, 6.07) is 4.99. The highest BCUT2D eigenvalue weighted by atomic mass is 19.1. The molecule has 0 aromatic heterocycles. The molecule has 0 aliphatic carbocycles. The summed E-state index contributed by atoms with van der Waals surface area (Å²) >= 11 is 0. The van der Waals surface area contributed by atoms with Crippen molar-refractivity contribution >= 4 is 5.69 Å². The summed E-state index contributed by atoms with van der Waals surface area (Å²) < 4.78 is 23.9. The second-order valence-corrected chi connectivity index (χ2v) is 4.21. The quantitative estimate of drug-likeness (QED) is 0.754. The number of anilines is 1. The van der Waals surface area contributed by atoms with Crippen LogP contribution in [0.2, 0.25) is 0 Å². The van der Waals surface area contributed by atoms with Gasteiger partial charge in [-0.1, -0.05) is 0 Å². The van der Waals surface area contributed by atoms with Gasteiger partial charge in [0.25, 0.3) is 0 Å². The molecule has 1 heterocycles. The van der Waals surface area contributed by atoms with Gasteiger partial charge in [-0.3, -0.25) is 0 Å². The lowest BCUT2D eigenvalue weighted by atomic mass is 10.1. The predicted molar refractivity (Wildman–Crippen MR) is 65.0 cm³/mol. The first kappa shape index (κ1) is 12.2. The van der Waals surface area contributed by atoms with Crippen molar-refractivity contribution in [2.45, 2.75) is 19.3 Å². The van der Waals surface area contributed by atoms with Crippen LogP contribution in [0.25, 0.3) is 0 Å². The number of methoxy groups -OCH3 is 1. The summed E-state index contributed by atoms with van der Waals surface area (Å²) in [4.78, 5) is 2.10. The van der Waals surface area contributed by atoms with Crippen molar-refractivity contribution in [3.8, 4) is 5.75 Å². The lowest BCUT2D eigenvalue weighted by molar-refractivity contribution is 0.0509. The molecule has 94 valence electrons. The molecule has 0 saturated carbocycles. The molecule has 1 aromatic rings. The molecule has 0 bridgehead atoms. The normalized spacial score (nSPS) is 16.0. The molecule has 2 rings (SSSR count). The molecule has 1 aliphatic heterocycles. The van der Waals surface area contributed by atoms with Crippen LogP contribution in [0.4, 0.5) is 10.1 Å². The Labute approximate surface area is 101 Å². The predicted octanol–water partition coefficient (Wildman–Crippen LogP) is 2.80. The van der Waals surface area contributed by atoms with Crippen LogP contribution in [0.3, 0.4) is 0 Å². The highest BCUT2D eigenvalue weighted by Gasteiger charge is 2.15. The molecule has 1 aromatic carbocycles. The van der Waals surface area contributed by atoms with Gasteiger partial charge in [0.15, 0.2) is 6.79 Å². The van der Waals surface area contributed by atoms with Crippen molar-refractivity contribution < 1.29 is 13.9 Å². The molecule has 0 radical (unpaired) electrons. The Morgan fingerprint density at radius 2 is 2.00 bits per heavy atom. The summed E-state index contributed by atoms with van der Waals surface area (Å²) in [6.45, 7) is 2.02. The molecule has 0 amide bonds. The Hall–Kier alpha value is -1.29. The molecule has 1 saturated heterocycles. The topological polar surface area (TPSA) is 21.7 Å². The van der Waals surface area contributed by atoms with Crippen molar-refractivity contribution in [2.24, 2.45) is 0 Å². The molecule has 3 nitrogen and oxygen atoms in total. The average Bonchev–Trinajstić information content (AvgIpc) is 2.37. The number of piperidine rings is 1. The number of benzene rings is 1. The zero-order valence-corrected chi connectivity index (χ0v) is 10.1. The van der Waals surface area contributed by atoms with Crippen LogP contribution in [0.15, 0.2) is 18.2 Å². The fraction of sp³-hybridized carbons (Fsp3) is 0.538. The lowest BCUT2D eigenvalue weighted by Gasteiger charge is -2.29. The molecule has 1 aliphatic rings. The minimum Gasteiger partial charge on any atom is -0.467 e. The number of rotatable bonds is 4. The largest absolute Gasteiger partial charge is 0.467 e.